The van der Waals surface area contributed by atoms with Crippen LogP contribution in [-0.4, -0.2) is 21.6 Å². The summed E-state index contributed by atoms with van der Waals surface area (Å²) in [6.45, 7) is 0. The molecule has 1 aromatic rings. The Morgan fingerprint density at radius 3 is 2.47 bits per heavy atom. The Morgan fingerprint density at radius 2 is 1.95 bits per heavy atom. The van der Waals surface area contributed by atoms with Gasteiger partial charge in [-0.3, -0.25) is 10.1 Å². The molecule has 1 amide bonds. The summed E-state index contributed by atoms with van der Waals surface area (Å²) in [7, 11) is 0. The molecule has 2 rings (SSSR count). The molecule has 1 aliphatic rings. The molecule has 1 aliphatic carbocycles. The minimum absolute atomic E-state index is 0. The Balaban J connectivity index is 0.00000180. The first-order chi connectivity index (χ1) is 8.51. The highest BCUT2D eigenvalue weighted by Gasteiger charge is 2.35. The quantitative estimate of drug-likeness (QED) is 0.898. The van der Waals surface area contributed by atoms with Crippen molar-refractivity contribution in [3.63, 3.8) is 0 Å². The lowest BCUT2D eigenvalue weighted by Gasteiger charge is -2.31. The second kappa shape index (κ2) is 6.53. The van der Waals surface area contributed by atoms with E-state index in [0.717, 1.165) is 19.3 Å². The largest absolute Gasteiger partial charge is 0.317 e. The highest BCUT2D eigenvalue weighted by atomic mass is 35.5. The van der Waals surface area contributed by atoms with Crippen LogP contribution in [0.1, 0.15) is 43.5 Å². The molecule has 1 fully saturated rings. The number of carbonyl (C=O) groups is 1. The second-order valence-corrected chi connectivity index (χ2v) is 5.43. The lowest BCUT2D eigenvalue weighted by atomic mass is 9.82. The van der Waals surface area contributed by atoms with Gasteiger partial charge in [-0.15, -0.1) is 22.6 Å². The zero-order valence-corrected chi connectivity index (χ0v) is 11.7. The maximum absolute atomic E-state index is 12.3. The van der Waals surface area contributed by atoms with E-state index in [4.69, 9.17) is 5.73 Å². The van der Waals surface area contributed by atoms with Gasteiger partial charge in [0.05, 0.1) is 5.54 Å². The Morgan fingerprint density at radius 1 is 1.32 bits per heavy atom. The molecule has 0 bridgehead atoms. The summed E-state index contributed by atoms with van der Waals surface area (Å²) in [6, 6.07) is 0. The number of nitrogens with zero attached hydrogens (tertiary/aromatic N) is 2. The molecule has 0 aromatic carbocycles. The third-order valence-corrected chi connectivity index (χ3v) is 3.89. The van der Waals surface area contributed by atoms with E-state index in [1.165, 1.54) is 0 Å². The Kier molecular flexibility index (Phi) is 5.57. The predicted octanol–water partition coefficient (Wildman–Crippen LogP) is 2.50. The molecular weight excluding hydrogens is 298 g/mol. The van der Waals surface area contributed by atoms with Crippen molar-refractivity contribution >= 4 is 34.8 Å². The summed E-state index contributed by atoms with van der Waals surface area (Å²) in [5.41, 5.74) is 5.11. The molecule has 0 unspecified atom stereocenters. The molecule has 5 nitrogen and oxygen atoms in total. The smallest absolute Gasteiger partial charge is 0.291 e. The third kappa shape index (κ3) is 3.80. The van der Waals surface area contributed by atoms with Gasteiger partial charge in [0.25, 0.3) is 6.43 Å². The van der Waals surface area contributed by atoms with E-state index in [-0.39, 0.29) is 23.4 Å². The summed E-state index contributed by atoms with van der Waals surface area (Å²) in [6.07, 6.45) is 1.43. The summed E-state index contributed by atoms with van der Waals surface area (Å²) in [5, 5.41) is 8.95. The monoisotopic (exact) mass is 312 g/mol. The fourth-order valence-corrected chi connectivity index (χ4v) is 2.60. The van der Waals surface area contributed by atoms with E-state index in [0.29, 0.717) is 24.2 Å². The van der Waals surface area contributed by atoms with Gasteiger partial charge in [-0.05, 0) is 12.8 Å². The van der Waals surface area contributed by atoms with Crippen LogP contribution in [0.5, 0.6) is 0 Å². The van der Waals surface area contributed by atoms with Crippen molar-refractivity contribution in [1.82, 2.24) is 10.2 Å². The standard InChI is InChI=1S/C10H14F2N4OS.ClH/c11-6(12)7-15-16-9(18-7)14-8(17)10(13)4-2-1-3-5-10;/h6H,1-5,13H2,(H,14,16,17);1H. The van der Waals surface area contributed by atoms with E-state index in [9.17, 15) is 13.6 Å². The maximum Gasteiger partial charge on any atom is 0.291 e. The molecule has 3 N–H and O–H groups in total. The van der Waals surface area contributed by atoms with Crippen LogP contribution < -0.4 is 11.1 Å². The number of anilines is 1. The fraction of sp³-hybridized carbons (Fsp3) is 0.700. The van der Waals surface area contributed by atoms with E-state index in [2.05, 4.69) is 15.5 Å². The number of hydrogen-bond acceptors (Lipinski definition) is 5. The van der Waals surface area contributed by atoms with Crippen LogP contribution in [0.2, 0.25) is 0 Å². The average molecular weight is 313 g/mol. The normalized spacial score (nSPS) is 17.9. The van der Waals surface area contributed by atoms with Crippen molar-refractivity contribution in [2.45, 2.75) is 44.1 Å². The SMILES string of the molecule is Cl.NC1(C(=O)Nc2nnc(C(F)F)s2)CCCCC1. The van der Waals surface area contributed by atoms with Crippen molar-refractivity contribution in [1.29, 1.82) is 0 Å². The predicted molar refractivity (Wildman–Crippen MR) is 70.7 cm³/mol. The zero-order chi connectivity index (χ0) is 13.2. The maximum atomic E-state index is 12.3. The minimum atomic E-state index is -2.67. The van der Waals surface area contributed by atoms with Crippen LogP contribution >= 0.6 is 23.7 Å². The number of nitrogens with two attached hydrogens (primary N) is 1. The van der Waals surface area contributed by atoms with Crippen LogP contribution in [0.3, 0.4) is 0 Å². The highest BCUT2D eigenvalue weighted by molar-refractivity contribution is 7.15. The van der Waals surface area contributed by atoms with Gasteiger partial charge in [0.15, 0.2) is 5.01 Å². The van der Waals surface area contributed by atoms with E-state index in [1.54, 1.807) is 0 Å². The summed E-state index contributed by atoms with van der Waals surface area (Å²) >= 11 is 0.672. The molecule has 108 valence electrons. The lowest BCUT2D eigenvalue weighted by molar-refractivity contribution is -0.122. The summed E-state index contributed by atoms with van der Waals surface area (Å²) in [4.78, 5) is 12.0. The van der Waals surface area contributed by atoms with E-state index in [1.807, 2.05) is 0 Å². The lowest BCUT2D eigenvalue weighted by Crippen LogP contribution is -2.52. The Labute approximate surface area is 119 Å². The van der Waals surface area contributed by atoms with Gasteiger partial charge in [-0.25, -0.2) is 8.78 Å². The first-order valence-electron chi connectivity index (χ1n) is 5.73. The number of nitrogens with one attached hydrogen (secondary N) is 1. The average Bonchev–Trinajstić information content (AvgIpc) is 2.78. The molecule has 1 saturated carbocycles. The fourth-order valence-electron chi connectivity index (χ4n) is 2.00. The number of aromatic nitrogens is 2. The molecule has 0 aliphatic heterocycles. The molecule has 0 atom stereocenters. The summed E-state index contributed by atoms with van der Waals surface area (Å²) < 4.78 is 24.6. The van der Waals surface area contributed by atoms with Crippen LogP contribution in [0.25, 0.3) is 0 Å². The number of rotatable bonds is 3. The van der Waals surface area contributed by atoms with Crippen molar-refractivity contribution in [2.75, 3.05) is 5.32 Å². The molecule has 0 radical (unpaired) electrons. The van der Waals surface area contributed by atoms with Crippen LogP contribution in [0.15, 0.2) is 0 Å². The number of hydrogen-bond donors (Lipinski definition) is 2. The molecule has 1 heterocycles. The molecule has 9 heteroatoms. The van der Waals surface area contributed by atoms with Gasteiger partial charge in [0.1, 0.15) is 0 Å². The third-order valence-electron chi connectivity index (χ3n) is 3.05. The van der Waals surface area contributed by atoms with E-state index >= 15 is 0 Å². The van der Waals surface area contributed by atoms with Gasteiger partial charge in [0, 0.05) is 0 Å². The van der Waals surface area contributed by atoms with E-state index < -0.39 is 17.0 Å². The van der Waals surface area contributed by atoms with Crippen molar-refractivity contribution < 1.29 is 13.6 Å². The Bertz CT molecular complexity index is 437. The van der Waals surface area contributed by atoms with Gasteiger partial charge in [-0.1, -0.05) is 30.6 Å². The van der Waals surface area contributed by atoms with Crippen LogP contribution in [0, 0.1) is 0 Å². The topological polar surface area (TPSA) is 80.9 Å². The van der Waals surface area contributed by atoms with Gasteiger partial charge in [-0.2, -0.15) is 0 Å². The van der Waals surface area contributed by atoms with Gasteiger partial charge < -0.3 is 5.73 Å². The van der Waals surface area contributed by atoms with Crippen LogP contribution in [0.4, 0.5) is 13.9 Å². The first-order valence-corrected chi connectivity index (χ1v) is 6.55. The zero-order valence-electron chi connectivity index (χ0n) is 10.1. The highest BCUT2D eigenvalue weighted by Crippen LogP contribution is 2.29. The number of alkyl halides is 2. The number of amides is 1. The number of halogens is 3. The van der Waals surface area contributed by atoms with Crippen molar-refractivity contribution in [2.24, 2.45) is 5.73 Å². The molecular formula is C10H15ClF2N4OS. The second-order valence-electron chi connectivity index (χ2n) is 4.42. The molecule has 0 saturated heterocycles. The van der Waals surface area contributed by atoms with Crippen molar-refractivity contribution in [3.8, 4) is 0 Å². The van der Waals surface area contributed by atoms with Gasteiger partial charge in [0.2, 0.25) is 11.0 Å². The minimum Gasteiger partial charge on any atom is -0.317 e. The molecule has 1 aromatic heterocycles. The van der Waals surface area contributed by atoms with Gasteiger partial charge >= 0.3 is 0 Å². The first kappa shape index (κ1) is 16.2. The Hall–Kier alpha value is -0.860. The van der Waals surface area contributed by atoms with Crippen molar-refractivity contribution in [3.05, 3.63) is 5.01 Å². The summed E-state index contributed by atoms with van der Waals surface area (Å²) in [5.74, 6) is -0.362. The molecule has 19 heavy (non-hydrogen) atoms. The molecule has 0 spiro atoms. The van der Waals surface area contributed by atoms with Crippen LogP contribution in [-0.2, 0) is 4.79 Å². The number of carbonyl (C=O) groups excluding carboxylic acids is 1.